The molecule has 1 aromatic carbocycles. The molecule has 0 amide bonds. The Bertz CT molecular complexity index is 454. The van der Waals surface area contributed by atoms with E-state index in [-0.39, 0.29) is 12.6 Å². The van der Waals surface area contributed by atoms with Gasteiger partial charge in [-0.3, -0.25) is 0 Å². The highest BCUT2D eigenvalue weighted by atomic mass is 35.5. The number of hydrogen-bond donors (Lipinski definition) is 2. The van der Waals surface area contributed by atoms with Crippen molar-refractivity contribution in [3.8, 4) is 0 Å². The second kappa shape index (κ2) is 8.35. The molecule has 5 heteroatoms. The first-order valence-electron chi connectivity index (χ1n) is 7.64. The van der Waals surface area contributed by atoms with Crippen molar-refractivity contribution < 1.29 is 5.11 Å². The lowest BCUT2D eigenvalue weighted by Gasteiger charge is -2.33. The zero-order chi connectivity index (χ0) is 15.2. The molecule has 1 saturated heterocycles. The van der Waals surface area contributed by atoms with Crippen molar-refractivity contribution in [2.45, 2.75) is 31.7 Å². The van der Waals surface area contributed by atoms with Crippen molar-refractivity contribution in [3.05, 3.63) is 33.8 Å². The fraction of sp³-hybridized carbons (Fsp3) is 0.625. The highest BCUT2D eigenvalue weighted by molar-refractivity contribution is 6.42. The average Bonchev–Trinajstić information content (AvgIpc) is 2.48. The van der Waals surface area contributed by atoms with E-state index >= 15 is 0 Å². The molecule has 118 valence electrons. The van der Waals surface area contributed by atoms with Gasteiger partial charge < -0.3 is 15.7 Å². The van der Waals surface area contributed by atoms with E-state index in [4.69, 9.17) is 34.0 Å². The summed E-state index contributed by atoms with van der Waals surface area (Å²) in [7, 11) is 0. The van der Waals surface area contributed by atoms with Crippen LogP contribution in [-0.4, -0.2) is 36.2 Å². The van der Waals surface area contributed by atoms with Crippen molar-refractivity contribution in [1.29, 1.82) is 0 Å². The predicted molar refractivity (Wildman–Crippen MR) is 88.9 cm³/mol. The second-order valence-electron chi connectivity index (χ2n) is 5.86. The first kappa shape index (κ1) is 17.0. The number of nitrogens with zero attached hydrogens (tertiary/aromatic N) is 1. The molecule has 1 aliphatic heterocycles. The summed E-state index contributed by atoms with van der Waals surface area (Å²) >= 11 is 12.3. The summed E-state index contributed by atoms with van der Waals surface area (Å²) in [6.07, 6.45) is 4.20. The van der Waals surface area contributed by atoms with E-state index in [0.29, 0.717) is 16.0 Å². The van der Waals surface area contributed by atoms with Crippen LogP contribution in [0.4, 0.5) is 0 Å². The molecule has 3 nitrogen and oxygen atoms in total. The van der Waals surface area contributed by atoms with Crippen LogP contribution in [0.1, 0.15) is 37.3 Å². The SMILES string of the molecule is NC(CCN1CCCC(CCO)C1)c1cccc(Cl)c1Cl. The highest BCUT2D eigenvalue weighted by Crippen LogP contribution is 2.30. The van der Waals surface area contributed by atoms with E-state index in [9.17, 15) is 0 Å². The quantitative estimate of drug-likeness (QED) is 0.839. The first-order valence-corrected chi connectivity index (χ1v) is 8.40. The van der Waals surface area contributed by atoms with Crippen LogP contribution in [0.15, 0.2) is 18.2 Å². The zero-order valence-electron chi connectivity index (χ0n) is 12.3. The number of benzene rings is 1. The van der Waals surface area contributed by atoms with Crippen molar-refractivity contribution in [3.63, 3.8) is 0 Å². The first-order chi connectivity index (χ1) is 10.1. The minimum Gasteiger partial charge on any atom is -0.396 e. The molecule has 2 unspecified atom stereocenters. The molecule has 0 radical (unpaired) electrons. The third-order valence-corrected chi connectivity index (χ3v) is 5.11. The minimum absolute atomic E-state index is 0.0885. The lowest BCUT2D eigenvalue weighted by molar-refractivity contribution is 0.144. The van der Waals surface area contributed by atoms with Gasteiger partial charge in [0.25, 0.3) is 0 Å². The molecule has 3 N–H and O–H groups in total. The van der Waals surface area contributed by atoms with Gasteiger partial charge in [0, 0.05) is 19.2 Å². The van der Waals surface area contributed by atoms with Gasteiger partial charge in [-0.25, -0.2) is 0 Å². The number of rotatable bonds is 6. The number of aliphatic hydroxyl groups is 1. The summed E-state index contributed by atoms with van der Waals surface area (Å²) in [4.78, 5) is 2.45. The van der Waals surface area contributed by atoms with Gasteiger partial charge in [-0.05, 0) is 56.3 Å². The summed E-state index contributed by atoms with van der Waals surface area (Å²) in [6, 6.07) is 5.53. The number of piperidine rings is 1. The van der Waals surface area contributed by atoms with Gasteiger partial charge in [0.05, 0.1) is 10.0 Å². The molecular formula is C16H24Cl2N2O. The maximum absolute atomic E-state index is 9.06. The maximum atomic E-state index is 9.06. The fourth-order valence-corrected chi connectivity index (χ4v) is 3.50. The van der Waals surface area contributed by atoms with Gasteiger partial charge in [-0.1, -0.05) is 35.3 Å². The van der Waals surface area contributed by atoms with Crippen LogP contribution in [0.5, 0.6) is 0 Å². The van der Waals surface area contributed by atoms with E-state index in [1.54, 1.807) is 6.07 Å². The van der Waals surface area contributed by atoms with Crippen molar-refractivity contribution >= 4 is 23.2 Å². The number of aliphatic hydroxyl groups excluding tert-OH is 1. The highest BCUT2D eigenvalue weighted by Gasteiger charge is 2.20. The van der Waals surface area contributed by atoms with E-state index in [2.05, 4.69) is 4.90 Å². The third kappa shape index (κ3) is 4.83. The summed E-state index contributed by atoms with van der Waals surface area (Å²) in [5, 5.41) is 10.2. The topological polar surface area (TPSA) is 49.5 Å². The number of likely N-dealkylation sites (tertiary alicyclic amines) is 1. The van der Waals surface area contributed by atoms with Gasteiger partial charge in [-0.15, -0.1) is 0 Å². The van der Waals surface area contributed by atoms with Gasteiger partial charge in [0.15, 0.2) is 0 Å². The van der Waals surface area contributed by atoms with E-state index < -0.39 is 0 Å². The molecule has 0 aromatic heterocycles. The Morgan fingerprint density at radius 2 is 2.19 bits per heavy atom. The molecule has 1 heterocycles. The molecule has 1 aliphatic rings. The van der Waals surface area contributed by atoms with Crippen LogP contribution in [-0.2, 0) is 0 Å². The lowest BCUT2D eigenvalue weighted by Crippen LogP contribution is -2.37. The van der Waals surface area contributed by atoms with E-state index in [1.807, 2.05) is 12.1 Å². The summed E-state index contributed by atoms with van der Waals surface area (Å²) < 4.78 is 0. The van der Waals surface area contributed by atoms with Crippen LogP contribution < -0.4 is 5.73 Å². The van der Waals surface area contributed by atoms with Crippen LogP contribution in [0.2, 0.25) is 10.0 Å². The van der Waals surface area contributed by atoms with Gasteiger partial charge in [-0.2, -0.15) is 0 Å². The van der Waals surface area contributed by atoms with Crippen LogP contribution in [0.25, 0.3) is 0 Å². The Morgan fingerprint density at radius 3 is 2.95 bits per heavy atom. The molecule has 2 rings (SSSR count). The van der Waals surface area contributed by atoms with Gasteiger partial charge in [0.2, 0.25) is 0 Å². The minimum atomic E-state index is -0.0885. The Balaban J connectivity index is 1.86. The average molecular weight is 331 g/mol. The summed E-state index contributed by atoms with van der Waals surface area (Å²) in [6.45, 7) is 3.44. The van der Waals surface area contributed by atoms with Crippen LogP contribution in [0.3, 0.4) is 0 Å². The molecule has 21 heavy (non-hydrogen) atoms. The Labute approximate surface area is 137 Å². The molecule has 0 aliphatic carbocycles. The predicted octanol–water partition coefficient (Wildman–Crippen LogP) is 3.48. The maximum Gasteiger partial charge on any atom is 0.0640 e. The number of halogens is 2. The van der Waals surface area contributed by atoms with Crippen molar-refractivity contribution in [2.75, 3.05) is 26.2 Å². The fourth-order valence-electron chi connectivity index (χ4n) is 3.06. The third-order valence-electron chi connectivity index (χ3n) is 4.28. The monoisotopic (exact) mass is 330 g/mol. The largest absolute Gasteiger partial charge is 0.396 e. The van der Waals surface area contributed by atoms with Crippen molar-refractivity contribution in [2.24, 2.45) is 11.7 Å². The number of hydrogen-bond acceptors (Lipinski definition) is 3. The van der Waals surface area contributed by atoms with E-state index in [1.165, 1.54) is 12.8 Å². The standard InChI is InChI=1S/C16H24Cl2N2O/c17-14-5-1-4-13(16(14)18)15(19)6-9-20-8-2-3-12(11-20)7-10-21/h1,4-5,12,15,21H,2-3,6-11,19H2. The normalized spacial score (nSPS) is 21.4. The lowest BCUT2D eigenvalue weighted by atomic mass is 9.94. The van der Waals surface area contributed by atoms with Crippen LogP contribution in [0, 0.1) is 5.92 Å². The smallest absolute Gasteiger partial charge is 0.0640 e. The van der Waals surface area contributed by atoms with E-state index in [0.717, 1.165) is 38.0 Å². The molecule has 0 spiro atoms. The van der Waals surface area contributed by atoms with Crippen LogP contribution >= 0.6 is 23.2 Å². The molecule has 1 aromatic rings. The molecule has 0 bridgehead atoms. The number of nitrogens with two attached hydrogens (primary N) is 1. The molecule has 1 fully saturated rings. The van der Waals surface area contributed by atoms with Gasteiger partial charge in [0.1, 0.15) is 0 Å². The molecule has 2 atom stereocenters. The summed E-state index contributed by atoms with van der Waals surface area (Å²) in [5.74, 6) is 0.620. The Hall–Kier alpha value is -0.320. The zero-order valence-corrected chi connectivity index (χ0v) is 13.8. The second-order valence-corrected chi connectivity index (χ2v) is 6.64. The van der Waals surface area contributed by atoms with Crippen molar-refractivity contribution in [1.82, 2.24) is 4.90 Å². The Kier molecular flexibility index (Phi) is 6.77. The molecular weight excluding hydrogens is 307 g/mol. The molecule has 0 saturated carbocycles. The Morgan fingerprint density at radius 1 is 1.38 bits per heavy atom. The van der Waals surface area contributed by atoms with Gasteiger partial charge >= 0.3 is 0 Å². The summed E-state index contributed by atoms with van der Waals surface area (Å²) in [5.41, 5.74) is 7.19.